The van der Waals surface area contributed by atoms with Gasteiger partial charge < -0.3 is 19.7 Å². The lowest BCUT2D eigenvalue weighted by molar-refractivity contribution is -0.114. The molecule has 2 amide bonds. The van der Waals surface area contributed by atoms with Crippen molar-refractivity contribution in [3.63, 3.8) is 0 Å². The van der Waals surface area contributed by atoms with Gasteiger partial charge in [0.25, 0.3) is 5.91 Å². The number of pyridine rings is 1. The van der Waals surface area contributed by atoms with Gasteiger partial charge in [-0.25, -0.2) is 4.98 Å². The van der Waals surface area contributed by atoms with Crippen molar-refractivity contribution in [3.05, 3.63) is 23.9 Å². The van der Waals surface area contributed by atoms with Crippen LogP contribution in [0.3, 0.4) is 0 Å². The first-order chi connectivity index (χ1) is 11.0. The zero-order valence-electron chi connectivity index (χ0n) is 13.4. The van der Waals surface area contributed by atoms with Crippen LogP contribution in [0.5, 0.6) is 0 Å². The largest absolute Gasteiger partial charge is 0.377 e. The molecule has 2 aliphatic rings. The van der Waals surface area contributed by atoms with Gasteiger partial charge in [-0.1, -0.05) is 0 Å². The Morgan fingerprint density at radius 3 is 3.00 bits per heavy atom. The Bertz CT molecular complexity index is 613. The van der Waals surface area contributed by atoms with Crippen molar-refractivity contribution in [1.82, 2.24) is 9.88 Å². The molecule has 2 saturated heterocycles. The van der Waals surface area contributed by atoms with Gasteiger partial charge in [0.15, 0.2) is 0 Å². The summed E-state index contributed by atoms with van der Waals surface area (Å²) in [6, 6.07) is 3.24. The quantitative estimate of drug-likeness (QED) is 0.901. The minimum atomic E-state index is -0.377. The zero-order valence-corrected chi connectivity index (χ0v) is 13.4. The summed E-state index contributed by atoms with van der Waals surface area (Å²) in [5, 5.41) is 2.59. The maximum atomic E-state index is 12.8. The summed E-state index contributed by atoms with van der Waals surface area (Å²) in [5.41, 5.74) is 0.117. The molecular weight excluding hydrogens is 298 g/mol. The first-order valence-electron chi connectivity index (χ1n) is 7.74. The third-order valence-corrected chi connectivity index (χ3v) is 4.45. The molecule has 7 heteroatoms. The Labute approximate surface area is 135 Å². The molecule has 7 nitrogen and oxygen atoms in total. The van der Waals surface area contributed by atoms with Gasteiger partial charge in [0.1, 0.15) is 17.5 Å². The third-order valence-electron chi connectivity index (χ3n) is 4.45. The second-order valence-corrected chi connectivity index (χ2v) is 6.04. The van der Waals surface area contributed by atoms with Crippen molar-refractivity contribution < 1.29 is 19.1 Å². The minimum Gasteiger partial charge on any atom is -0.377 e. The molecule has 0 aromatic carbocycles. The summed E-state index contributed by atoms with van der Waals surface area (Å²) in [6.07, 6.45) is 3.31. The molecule has 1 N–H and O–H groups in total. The van der Waals surface area contributed by atoms with E-state index in [2.05, 4.69) is 10.3 Å². The van der Waals surface area contributed by atoms with Gasteiger partial charge in [0.05, 0.1) is 13.1 Å². The average molecular weight is 319 g/mol. The number of likely N-dealkylation sites (tertiary alicyclic amines) is 1. The summed E-state index contributed by atoms with van der Waals surface area (Å²) in [5.74, 6) is 0.0483. The fourth-order valence-corrected chi connectivity index (χ4v) is 3.39. The number of ether oxygens (including phenoxy) is 2. The number of carbonyl (C=O) groups is 2. The first-order valence-corrected chi connectivity index (χ1v) is 7.74. The summed E-state index contributed by atoms with van der Waals surface area (Å²) in [7, 11) is 1.66. The van der Waals surface area contributed by atoms with Crippen LogP contribution in [0.1, 0.15) is 30.1 Å². The number of amides is 2. The summed E-state index contributed by atoms with van der Waals surface area (Å²) in [6.45, 7) is 3.15. The molecule has 2 atom stereocenters. The SMILES string of the molecule is CO[C@H]1CN(C(=O)c2ccnc(NC(C)=O)c2)C[C@@]12CCCO2. The number of nitrogens with one attached hydrogen (secondary N) is 1. The standard InChI is InChI=1S/C16H21N3O4/c1-11(20)18-14-8-12(4-6-17-14)15(21)19-9-13(22-2)16(10-19)5-3-7-23-16/h4,6,8,13H,3,5,7,9-10H2,1-2H3,(H,17,18,20)/t13-,16-/m0/s1. The molecule has 0 unspecified atom stereocenters. The summed E-state index contributed by atoms with van der Waals surface area (Å²) < 4.78 is 11.5. The number of nitrogens with zero attached hydrogens (tertiary/aromatic N) is 2. The lowest BCUT2D eigenvalue weighted by atomic mass is 9.96. The van der Waals surface area contributed by atoms with Gasteiger partial charge in [-0.15, -0.1) is 0 Å². The molecule has 2 fully saturated rings. The predicted molar refractivity (Wildman–Crippen MR) is 83.2 cm³/mol. The fraction of sp³-hybridized carbons (Fsp3) is 0.562. The number of aromatic nitrogens is 1. The van der Waals surface area contributed by atoms with Crippen LogP contribution in [0.4, 0.5) is 5.82 Å². The smallest absolute Gasteiger partial charge is 0.254 e. The van der Waals surface area contributed by atoms with Gasteiger partial charge in [-0.2, -0.15) is 0 Å². The molecule has 2 aliphatic heterocycles. The molecule has 1 spiro atoms. The molecular formula is C16H21N3O4. The number of anilines is 1. The predicted octanol–water partition coefficient (Wildman–Crippen LogP) is 1.06. The topological polar surface area (TPSA) is 80.8 Å². The molecule has 0 radical (unpaired) electrons. The molecule has 23 heavy (non-hydrogen) atoms. The van der Waals surface area contributed by atoms with E-state index in [1.165, 1.54) is 13.1 Å². The van der Waals surface area contributed by atoms with E-state index >= 15 is 0 Å². The Hall–Kier alpha value is -1.99. The number of hydrogen-bond acceptors (Lipinski definition) is 5. The van der Waals surface area contributed by atoms with Crippen molar-refractivity contribution in [2.45, 2.75) is 31.5 Å². The lowest BCUT2D eigenvalue weighted by Gasteiger charge is -2.27. The number of methoxy groups -OCH3 is 1. The molecule has 124 valence electrons. The number of rotatable bonds is 3. The zero-order chi connectivity index (χ0) is 16.4. The van der Waals surface area contributed by atoms with Crippen LogP contribution in [0, 0.1) is 0 Å². The van der Waals surface area contributed by atoms with E-state index in [4.69, 9.17) is 9.47 Å². The minimum absolute atomic E-state index is 0.103. The van der Waals surface area contributed by atoms with Crippen LogP contribution in [0.2, 0.25) is 0 Å². The molecule has 0 bridgehead atoms. The van der Waals surface area contributed by atoms with E-state index in [1.54, 1.807) is 24.1 Å². The van der Waals surface area contributed by atoms with Crippen LogP contribution in [0.25, 0.3) is 0 Å². The highest BCUT2D eigenvalue weighted by Crippen LogP contribution is 2.37. The number of hydrogen-bond donors (Lipinski definition) is 1. The molecule has 1 aromatic rings. The monoisotopic (exact) mass is 319 g/mol. The van der Waals surface area contributed by atoms with Crippen LogP contribution in [0.15, 0.2) is 18.3 Å². The van der Waals surface area contributed by atoms with E-state index in [9.17, 15) is 9.59 Å². The van der Waals surface area contributed by atoms with Crippen LogP contribution >= 0.6 is 0 Å². The third kappa shape index (κ3) is 3.07. The Morgan fingerprint density at radius 2 is 2.35 bits per heavy atom. The fourth-order valence-electron chi connectivity index (χ4n) is 3.39. The van der Waals surface area contributed by atoms with Crippen molar-refractivity contribution in [1.29, 1.82) is 0 Å². The maximum absolute atomic E-state index is 12.8. The van der Waals surface area contributed by atoms with Gasteiger partial charge in [0, 0.05) is 32.4 Å². The van der Waals surface area contributed by atoms with Crippen LogP contribution in [-0.4, -0.2) is 60.2 Å². The Morgan fingerprint density at radius 1 is 1.52 bits per heavy atom. The highest BCUT2D eigenvalue weighted by atomic mass is 16.6. The molecule has 3 rings (SSSR count). The van der Waals surface area contributed by atoms with E-state index in [1.807, 2.05) is 0 Å². The van der Waals surface area contributed by atoms with Crippen LogP contribution in [-0.2, 0) is 14.3 Å². The normalized spacial score (nSPS) is 26.7. The average Bonchev–Trinajstić information content (AvgIpc) is 3.14. The van der Waals surface area contributed by atoms with Gasteiger partial charge in [-0.3, -0.25) is 9.59 Å². The number of carbonyl (C=O) groups excluding carboxylic acids is 2. The van der Waals surface area contributed by atoms with E-state index < -0.39 is 0 Å². The molecule has 3 heterocycles. The Kier molecular flexibility index (Phi) is 4.32. The van der Waals surface area contributed by atoms with E-state index in [-0.39, 0.29) is 23.5 Å². The second kappa shape index (κ2) is 6.25. The highest BCUT2D eigenvalue weighted by Gasteiger charge is 2.51. The van der Waals surface area contributed by atoms with Crippen molar-refractivity contribution >= 4 is 17.6 Å². The highest BCUT2D eigenvalue weighted by molar-refractivity contribution is 5.96. The van der Waals surface area contributed by atoms with E-state index in [0.29, 0.717) is 31.1 Å². The maximum Gasteiger partial charge on any atom is 0.254 e. The Balaban J connectivity index is 1.77. The first kappa shape index (κ1) is 15.9. The molecule has 1 aromatic heterocycles. The summed E-state index contributed by atoms with van der Waals surface area (Å²) >= 11 is 0. The summed E-state index contributed by atoms with van der Waals surface area (Å²) in [4.78, 5) is 29.7. The molecule has 0 saturated carbocycles. The van der Waals surface area contributed by atoms with E-state index in [0.717, 1.165) is 12.8 Å². The van der Waals surface area contributed by atoms with Crippen molar-refractivity contribution in [2.24, 2.45) is 0 Å². The van der Waals surface area contributed by atoms with Gasteiger partial charge in [0.2, 0.25) is 5.91 Å². The van der Waals surface area contributed by atoms with Gasteiger partial charge in [-0.05, 0) is 25.0 Å². The molecule has 0 aliphatic carbocycles. The van der Waals surface area contributed by atoms with Crippen molar-refractivity contribution in [3.8, 4) is 0 Å². The van der Waals surface area contributed by atoms with Gasteiger partial charge >= 0.3 is 0 Å². The van der Waals surface area contributed by atoms with Crippen molar-refractivity contribution in [2.75, 3.05) is 32.1 Å². The second-order valence-electron chi connectivity index (χ2n) is 6.04. The lowest BCUT2D eigenvalue weighted by Crippen LogP contribution is -2.42. The van der Waals surface area contributed by atoms with Crippen LogP contribution < -0.4 is 5.32 Å².